The maximum Gasteiger partial charge on any atom is 0.290 e. The second-order valence-corrected chi connectivity index (χ2v) is 4.08. The number of nitro groups is 1. The van der Waals surface area contributed by atoms with Gasteiger partial charge in [0.1, 0.15) is 17.8 Å². The maximum absolute atomic E-state index is 13.0. The second-order valence-electron chi connectivity index (χ2n) is 4.08. The molecule has 1 N–H and O–H groups in total. The molecule has 20 heavy (non-hydrogen) atoms. The first-order valence-corrected chi connectivity index (χ1v) is 5.65. The molecule has 0 radical (unpaired) electrons. The first-order chi connectivity index (χ1) is 9.47. The molecule has 1 amide bonds. The molecule has 0 saturated heterocycles. The van der Waals surface area contributed by atoms with Gasteiger partial charge in [-0.25, -0.2) is 9.37 Å². The zero-order valence-electron chi connectivity index (χ0n) is 10.5. The van der Waals surface area contributed by atoms with Gasteiger partial charge in [-0.1, -0.05) is 6.07 Å². The van der Waals surface area contributed by atoms with E-state index in [9.17, 15) is 19.3 Å². The van der Waals surface area contributed by atoms with E-state index in [0.717, 1.165) is 12.3 Å². The molecule has 7 heteroatoms. The third-order valence-corrected chi connectivity index (χ3v) is 2.61. The van der Waals surface area contributed by atoms with E-state index in [-0.39, 0.29) is 17.1 Å². The van der Waals surface area contributed by atoms with Gasteiger partial charge in [-0.15, -0.1) is 0 Å². The average molecular weight is 275 g/mol. The molecule has 2 rings (SSSR count). The Morgan fingerprint density at radius 1 is 1.40 bits per heavy atom. The van der Waals surface area contributed by atoms with E-state index in [4.69, 9.17) is 0 Å². The van der Waals surface area contributed by atoms with Gasteiger partial charge in [-0.05, 0) is 31.2 Å². The van der Waals surface area contributed by atoms with Gasteiger partial charge in [0.05, 0.1) is 4.92 Å². The summed E-state index contributed by atoms with van der Waals surface area (Å²) >= 11 is 0. The van der Waals surface area contributed by atoms with Crippen molar-refractivity contribution in [2.75, 3.05) is 5.32 Å². The van der Waals surface area contributed by atoms with Crippen molar-refractivity contribution in [3.05, 3.63) is 63.6 Å². The predicted molar refractivity (Wildman–Crippen MR) is 70.0 cm³/mol. The van der Waals surface area contributed by atoms with E-state index in [1.807, 2.05) is 0 Å². The van der Waals surface area contributed by atoms with Crippen LogP contribution in [0.25, 0.3) is 0 Å². The Morgan fingerprint density at radius 2 is 2.15 bits per heavy atom. The van der Waals surface area contributed by atoms with Crippen LogP contribution in [0.3, 0.4) is 0 Å². The number of hydrogen-bond acceptors (Lipinski definition) is 4. The number of pyridine rings is 1. The van der Waals surface area contributed by atoms with Crippen LogP contribution < -0.4 is 5.32 Å². The lowest BCUT2D eigenvalue weighted by atomic mass is 10.2. The fourth-order valence-corrected chi connectivity index (χ4v) is 1.63. The molecule has 0 saturated carbocycles. The van der Waals surface area contributed by atoms with Gasteiger partial charge >= 0.3 is 0 Å². The smallest absolute Gasteiger partial charge is 0.290 e. The van der Waals surface area contributed by atoms with Crippen LogP contribution in [0, 0.1) is 22.9 Å². The molecule has 0 fully saturated rings. The summed E-state index contributed by atoms with van der Waals surface area (Å²) in [7, 11) is 0. The van der Waals surface area contributed by atoms with E-state index in [1.54, 1.807) is 0 Å². The molecule has 0 bridgehead atoms. The Hall–Kier alpha value is -2.83. The van der Waals surface area contributed by atoms with Crippen molar-refractivity contribution in [2.24, 2.45) is 0 Å². The van der Waals surface area contributed by atoms with Crippen LogP contribution in [0.1, 0.15) is 15.9 Å². The zero-order valence-corrected chi connectivity index (χ0v) is 10.5. The number of amides is 1. The highest BCUT2D eigenvalue weighted by Gasteiger charge is 2.13. The molecule has 1 aromatic heterocycles. The Labute approximate surface area is 113 Å². The molecule has 2 aromatic rings. The van der Waals surface area contributed by atoms with Crippen molar-refractivity contribution < 1.29 is 14.1 Å². The molecule has 102 valence electrons. The predicted octanol–water partition coefficient (Wildman–Crippen LogP) is 2.69. The number of benzene rings is 1. The number of aryl methyl sites for hydroxylation is 1. The van der Waals surface area contributed by atoms with Gasteiger partial charge in [0.25, 0.3) is 11.6 Å². The van der Waals surface area contributed by atoms with Crippen LogP contribution >= 0.6 is 0 Å². The average Bonchev–Trinajstić information content (AvgIpc) is 2.38. The SMILES string of the molecule is Cc1cc(NC(=O)c2cccc(F)c2)ncc1[N+](=O)[O-]. The van der Waals surface area contributed by atoms with Crippen molar-refractivity contribution in [3.8, 4) is 0 Å². The largest absolute Gasteiger partial charge is 0.307 e. The van der Waals surface area contributed by atoms with Crippen LogP contribution in [0.2, 0.25) is 0 Å². The van der Waals surface area contributed by atoms with Crippen molar-refractivity contribution >= 4 is 17.4 Å². The standard InChI is InChI=1S/C13H10FN3O3/c1-8-5-12(15-7-11(8)17(19)20)16-13(18)9-3-2-4-10(14)6-9/h2-7H,1H3,(H,15,16,18). The molecule has 0 aliphatic carbocycles. The molecule has 0 atom stereocenters. The lowest BCUT2D eigenvalue weighted by molar-refractivity contribution is -0.385. The summed E-state index contributed by atoms with van der Waals surface area (Å²) < 4.78 is 13.0. The number of nitrogens with zero attached hydrogens (tertiary/aromatic N) is 2. The van der Waals surface area contributed by atoms with Gasteiger partial charge < -0.3 is 5.32 Å². The summed E-state index contributed by atoms with van der Waals surface area (Å²) in [6.07, 6.45) is 1.07. The fourth-order valence-electron chi connectivity index (χ4n) is 1.63. The summed E-state index contributed by atoms with van der Waals surface area (Å²) in [5.41, 5.74) is 0.385. The molecular formula is C13H10FN3O3. The second kappa shape index (κ2) is 5.43. The Bertz CT molecular complexity index is 688. The lowest BCUT2D eigenvalue weighted by Gasteiger charge is -2.05. The highest BCUT2D eigenvalue weighted by molar-refractivity contribution is 6.03. The van der Waals surface area contributed by atoms with Crippen molar-refractivity contribution in [1.82, 2.24) is 4.98 Å². The monoisotopic (exact) mass is 275 g/mol. The number of carbonyl (C=O) groups excluding carboxylic acids is 1. The zero-order chi connectivity index (χ0) is 14.7. The highest BCUT2D eigenvalue weighted by Crippen LogP contribution is 2.19. The summed E-state index contributed by atoms with van der Waals surface area (Å²) in [6.45, 7) is 1.54. The molecule has 1 heterocycles. The lowest BCUT2D eigenvalue weighted by Crippen LogP contribution is -2.13. The number of rotatable bonds is 3. The fraction of sp³-hybridized carbons (Fsp3) is 0.0769. The molecule has 0 spiro atoms. The van der Waals surface area contributed by atoms with Crippen molar-refractivity contribution in [2.45, 2.75) is 6.92 Å². The van der Waals surface area contributed by atoms with Crippen molar-refractivity contribution in [1.29, 1.82) is 0 Å². The molecule has 1 aromatic carbocycles. The van der Waals surface area contributed by atoms with E-state index < -0.39 is 16.6 Å². The summed E-state index contributed by atoms with van der Waals surface area (Å²) in [6, 6.07) is 6.57. The summed E-state index contributed by atoms with van der Waals surface area (Å²) in [5, 5.41) is 13.1. The topological polar surface area (TPSA) is 85.1 Å². The minimum Gasteiger partial charge on any atom is -0.307 e. The molecular weight excluding hydrogens is 265 g/mol. The molecule has 0 aliphatic heterocycles. The molecule has 0 unspecified atom stereocenters. The minimum atomic E-state index is -0.555. The number of anilines is 1. The van der Waals surface area contributed by atoms with E-state index in [2.05, 4.69) is 10.3 Å². The number of hydrogen-bond donors (Lipinski definition) is 1. The third kappa shape index (κ3) is 2.94. The molecule has 6 nitrogen and oxygen atoms in total. The maximum atomic E-state index is 13.0. The first-order valence-electron chi connectivity index (χ1n) is 5.65. The van der Waals surface area contributed by atoms with Crippen molar-refractivity contribution in [3.63, 3.8) is 0 Å². The normalized spacial score (nSPS) is 10.1. The molecule has 0 aliphatic rings. The van der Waals surface area contributed by atoms with Gasteiger partial charge in [0, 0.05) is 11.1 Å². The Balaban J connectivity index is 2.20. The van der Waals surface area contributed by atoms with Gasteiger partial charge in [-0.2, -0.15) is 0 Å². The van der Waals surface area contributed by atoms with E-state index in [1.165, 1.54) is 31.2 Å². The van der Waals surface area contributed by atoms with E-state index >= 15 is 0 Å². The van der Waals surface area contributed by atoms with Crippen LogP contribution in [-0.2, 0) is 0 Å². The van der Waals surface area contributed by atoms with E-state index in [0.29, 0.717) is 5.56 Å². The van der Waals surface area contributed by atoms with Gasteiger partial charge in [-0.3, -0.25) is 14.9 Å². The summed E-state index contributed by atoms with van der Waals surface area (Å²) in [5.74, 6) is -0.891. The highest BCUT2D eigenvalue weighted by atomic mass is 19.1. The van der Waals surface area contributed by atoms with Gasteiger partial charge in [0.2, 0.25) is 0 Å². The quantitative estimate of drug-likeness (QED) is 0.689. The first kappa shape index (κ1) is 13.6. The number of nitrogens with one attached hydrogen (secondary N) is 1. The summed E-state index contributed by atoms with van der Waals surface area (Å²) in [4.78, 5) is 25.7. The minimum absolute atomic E-state index is 0.131. The van der Waals surface area contributed by atoms with Crippen LogP contribution in [0.15, 0.2) is 36.5 Å². The number of halogens is 1. The van der Waals surface area contributed by atoms with Crippen LogP contribution in [-0.4, -0.2) is 15.8 Å². The number of carbonyl (C=O) groups is 1. The van der Waals surface area contributed by atoms with Crippen LogP contribution in [0.4, 0.5) is 15.9 Å². The Kier molecular flexibility index (Phi) is 3.69. The van der Waals surface area contributed by atoms with Gasteiger partial charge in [0.15, 0.2) is 0 Å². The van der Waals surface area contributed by atoms with Crippen LogP contribution in [0.5, 0.6) is 0 Å². The Morgan fingerprint density at radius 3 is 2.75 bits per heavy atom. The number of aromatic nitrogens is 1. The third-order valence-electron chi connectivity index (χ3n) is 2.61.